The molecule has 0 saturated heterocycles. The average molecular weight is 436 g/mol. The molecule has 0 aliphatic carbocycles. The zero-order valence-corrected chi connectivity index (χ0v) is 17.7. The Morgan fingerprint density at radius 3 is 2.59 bits per heavy atom. The predicted octanol–water partition coefficient (Wildman–Crippen LogP) is 2.97. The zero-order chi connectivity index (χ0) is 23.1. The summed E-state index contributed by atoms with van der Waals surface area (Å²) in [6, 6.07) is 14.5. The van der Waals surface area contributed by atoms with Gasteiger partial charge in [0.25, 0.3) is 5.56 Å². The van der Waals surface area contributed by atoms with Gasteiger partial charge in [-0.05, 0) is 25.1 Å². The number of rotatable bonds is 7. The number of aryl methyl sites for hydroxylation is 1. The highest BCUT2D eigenvalue weighted by Gasteiger charge is 2.22. The number of aromatic nitrogens is 2. The number of carbonyl (C=O) groups is 2. The van der Waals surface area contributed by atoms with Crippen LogP contribution in [0.2, 0.25) is 0 Å². The highest BCUT2D eigenvalue weighted by molar-refractivity contribution is 5.91. The molecule has 166 valence electrons. The van der Waals surface area contributed by atoms with Crippen molar-refractivity contribution < 1.29 is 19.4 Å². The molecule has 0 unspecified atom stereocenters. The molecule has 2 heterocycles. The molecule has 9 nitrogen and oxygen atoms in total. The number of hydrogen-bond donors (Lipinski definition) is 3. The van der Waals surface area contributed by atoms with Gasteiger partial charge in [-0.2, -0.15) is 0 Å². The molecule has 1 aromatic carbocycles. The summed E-state index contributed by atoms with van der Waals surface area (Å²) in [4.78, 5) is 41.6. The molecule has 0 aliphatic heterocycles. The van der Waals surface area contributed by atoms with Gasteiger partial charge in [-0.3, -0.25) is 14.6 Å². The standard InChI is InChI=1S/C23H24N4O5/c1-3-32-20(29)14-18(17-11-7-10-16(24-17)15-8-5-4-6-9-15)25-23(31)26-21-19(28)12-13-27(2)22(21)30/h4-13,18,28H,3,14H2,1-2H3,(H2,25,26,31)/t18-/m0/s1. The van der Waals surface area contributed by atoms with Gasteiger partial charge < -0.3 is 25.0 Å². The lowest BCUT2D eigenvalue weighted by molar-refractivity contribution is -0.143. The van der Waals surface area contributed by atoms with Gasteiger partial charge in [-0.1, -0.05) is 36.4 Å². The molecular formula is C23H24N4O5. The number of aromatic hydroxyl groups is 1. The summed E-state index contributed by atoms with van der Waals surface area (Å²) in [6.07, 6.45) is 1.22. The molecule has 0 spiro atoms. The van der Waals surface area contributed by atoms with E-state index in [-0.39, 0.29) is 24.5 Å². The molecular weight excluding hydrogens is 412 g/mol. The van der Waals surface area contributed by atoms with Gasteiger partial charge in [0.15, 0.2) is 5.69 Å². The molecule has 3 N–H and O–H groups in total. The van der Waals surface area contributed by atoms with Crippen molar-refractivity contribution in [2.24, 2.45) is 7.05 Å². The van der Waals surface area contributed by atoms with Gasteiger partial charge in [0, 0.05) is 18.8 Å². The third-order valence-corrected chi connectivity index (χ3v) is 4.66. The van der Waals surface area contributed by atoms with Gasteiger partial charge in [0.05, 0.1) is 30.5 Å². The Bertz CT molecular complexity index is 1160. The van der Waals surface area contributed by atoms with E-state index >= 15 is 0 Å². The van der Waals surface area contributed by atoms with Gasteiger partial charge in [0.2, 0.25) is 0 Å². The Hall–Kier alpha value is -4.14. The molecule has 3 rings (SSSR count). The van der Waals surface area contributed by atoms with Crippen LogP contribution in [0.15, 0.2) is 65.6 Å². The number of ether oxygens (including phenoxy) is 1. The molecule has 0 radical (unpaired) electrons. The van der Waals surface area contributed by atoms with Crippen LogP contribution in [0, 0.1) is 0 Å². The number of nitrogens with zero attached hydrogens (tertiary/aromatic N) is 2. The van der Waals surface area contributed by atoms with Gasteiger partial charge in [-0.15, -0.1) is 0 Å². The molecule has 2 amide bonds. The fraction of sp³-hybridized carbons (Fsp3) is 0.217. The number of carbonyl (C=O) groups excluding carboxylic acids is 2. The summed E-state index contributed by atoms with van der Waals surface area (Å²) in [5.41, 5.74) is 1.15. The van der Waals surface area contributed by atoms with Crippen LogP contribution in [0.25, 0.3) is 11.3 Å². The Morgan fingerprint density at radius 2 is 1.88 bits per heavy atom. The monoisotopic (exact) mass is 436 g/mol. The topological polar surface area (TPSA) is 123 Å². The van der Waals surface area contributed by atoms with Gasteiger partial charge in [0.1, 0.15) is 5.75 Å². The number of urea groups is 1. The van der Waals surface area contributed by atoms with Crippen molar-refractivity contribution in [3.63, 3.8) is 0 Å². The highest BCUT2D eigenvalue weighted by atomic mass is 16.5. The maximum Gasteiger partial charge on any atom is 0.320 e. The maximum absolute atomic E-state index is 12.6. The highest BCUT2D eigenvalue weighted by Crippen LogP contribution is 2.22. The molecule has 9 heteroatoms. The fourth-order valence-electron chi connectivity index (χ4n) is 3.08. The van der Waals surface area contributed by atoms with Crippen molar-refractivity contribution in [3.05, 3.63) is 76.8 Å². The van der Waals surface area contributed by atoms with Crippen molar-refractivity contribution in [2.75, 3.05) is 11.9 Å². The first kappa shape index (κ1) is 22.5. The number of amides is 2. The molecule has 32 heavy (non-hydrogen) atoms. The van der Waals surface area contributed by atoms with E-state index in [2.05, 4.69) is 15.6 Å². The molecule has 0 aliphatic rings. The number of benzene rings is 1. The Balaban J connectivity index is 1.87. The van der Waals surface area contributed by atoms with Crippen molar-refractivity contribution in [3.8, 4) is 17.0 Å². The van der Waals surface area contributed by atoms with Crippen LogP contribution in [-0.4, -0.2) is 33.3 Å². The van der Waals surface area contributed by atoms with Crippen LogP contribution in [-0.2, 0) is 16.6 Å². The summed E-state index contributed by atoms with van der Waals surface area (Å²) < 4.78 is 6.25. The second kappa shape index (κ2) is 10.3. The van der Waals surface area contributed by atoms with E-state index in [1.54, 1.807) is 19.1 Å². The van der Waals surface area contributed by atoms with Crippen LogP contribution in [0.5, 0.6) is 5.75 Å². The lowest BCUT2D eigenvalue weighted by Gasteiger charge is -2.19. The number of esters is 1. The zero-order valence-electron chi connectivity index (χ0n) is 17.7. The van der Waals surface area contributed by atoms with Crippen LogP contribution in [0.4, 0.5) is 10.5 Å². The molecule has 0 saturated carbocycles. The third-order valence-electron chi connectivity index (χ3n) is 4.66. The van der Waals surface area contributed by atoms with E-state index < -0.39 is 23.6 Å². The van der Waals surface area contributed by atoms with Crippen LogP contribution in [0.1, 0.15) is 25.1 Å². The second-order valence-corrected chi connectivity index (χ2v) is 6.97. The van der Waals surface area contributed by atoms with Crippen LogP contribution < -0.4 is 16.2 Å². The third kappa shape index (κ3) is 5.51. The average Bonchev–Trinajstić information content (AvgIpc) is 2.80. The quantitative estimate of drug-likeness (QED) is 0.490. The van der Waals surface area contributed by atoms with E-state index in [9.17, 15) is 19.5 Å². The van der Waals surface area contributed by atoms with E-state index in [1.807, 2.05) is 36.4 Å². The summed E-state index contributed by atoms with van der Waals surface area (Å²) in [5.74, 6) is -0.877. The molecule has 0 fully saturated rings. The minimum atomic E-state index is -0.826. The Morgan fingerprint density at radius 1 is 1.12 bits per heavy atom. The molecule has 1 atom stereocenters. The summed E-state index contributed by atoms with van der Waals surface area (Å²) in [7, 11) is 1.49. The predicted molar refractivity (Wildman–Crippen MR) is 119 cm³/mol. The Kier molecular flexibility index (Phi) is 7.22. The fourth-order valence-corrected chi connectivity index (χ4v) is 3.08. The first-order valence-electron chi connectivity index (χ1n) is 10.0. The number of pyridine rings is 2. The van der Waals surface area contributed by atoms with Crippen molar-refractivity contribution in [1.82, 2.24) is 14.9 Å². The van der Waals surface area contributed by atoms with Crippen molar-refractivity contribution in [2.45, 2.75) is 19.4 Å². The lowest BCUT2D eigenvalue weighted by Crippen LogP contribution is -2.36. The SMILES string of the molecule is CCOC(=O)C[C@H](NC(=O)Nc1c(O)ccn(C)c1=O)c1cccc(-c2ccccc2)n1. The van der Waals surface area contributed by atoms with E-state index in [4.69, 9.17) is 4.74 Å². The van der Waals surface area contributed by atoms with E-state index in [1.165, 1.54) is 23.9 Å². The number of nitrogens with one attached hydrogen (secondary N) is 2. The summed E-state index contributed by atoms with van der Waals surface area (Å²) in [6.45, 7) is 1.89. The Labute approximate surface area is 184 Å². The van der Waals surface area contributed by atoms with Gasteiger partial charge >= 0.3 is 12.0 Å². The van der Waals surface area contributed by atoms with Crippen LogP contribution in [0.3, 0.4) is 0 Å². The summed E-state index contributed by atoms with van der Waals surface area (Å²) >= 11 is 0. The van der Waals surface area contributed by atoms with Gasteiger partial charge in [-0.25, -0.2) is 4.79 Å². The molecule has 3 aromatic rings. The second-order valence-electron chi connectivity index (χ2n) is 6.97. The van der Waals surface area contributed by atoms with E-state index in [0.29, 0.717) is 11.4 Å². The first-order valence-corrected chi connectivity index (χ1v) is 10.0. The largest absolute Gasteiger partial charge is 0.505 e. The normalized spacial score (nSPS) is 11.4. The van der Waals surface area contributed by atoms with Crippen molar-refractivity contribution >= 4 is 17.7 Å². The lowest BCUT2D eigenvalue weighted by atomic mass is 10.1. The van der Waals surface area contributed by atoms with Crippen LogP contribution >= 0.6 is 0 Å². The smallest absolute Gasteiger partial charge is 0.320 e. The summed E-state index contributed by atoms with van der Waals surface area (Å²) in [5, 5.41) is 15.0. The number of hydrogen-bond acceptors (Lipinski definition) is 6. The first-order chi connectivity index (χ1) is 15.4. The minimum Gasteiger partial charge on any atom is -0.505 e. The van der Waals surface area contributed by atoms with Crippen molar-refractivity contribution in [1.29, 1.82) is 0 Å². The molecule has 0 bridgehead atoms. The van der Waals surface area contributed by atoms with E-state index in [0.717, 1.165) is 5.56 Å². The maximum atomic E-state index is 12.6. The minimum absolute atomic E-state index is 0.161. The number of anilines is 1. The molecule has 2 aromatic heterocycles.